The Balaban J connectivity index is 3.10. The van der Waals surface area contributed by atoms with Gasteiger partial charge in [0.2, 0.25) is 0 Å². The summed E-state index contributed by atoms with van der Waals surface area (Å²) in [6, 6.07) is 0. The van der Waals surface area contributed by atoms with Crippen LogP contribution in [0.1, 0.15) is 122 Å². The molecule has 3 nitrogen and oxygen atoms in total. The van der Waals surface area contributed by atoms with Gasteiger partial charge < -0.3 is 10.1 Å². The fourth-order valence-electron chi connectivity index (χ4n) is 3.44. The van der Waals surface area contributed by atoms with E-state index >= 15 is 0 Å². The number of likely N-dealkylation sites (N-methyl/N-ethyl adjacent to an activating group) is 1. The minimum absolute atomic E-state index is 0.143. The highest BCUT2D eigenvalue weighted by Crippen LogP contribution is 2.12. The van der Waals surface area contributed by atoms with Gasteiger partial charge in [-0.25, -0.2) is 0 Å². The zero-order valence-electron chi connectivity index (χ0n) is 19.1. The van der Waals surface area contributed by atoms with Gasteiger partial charge in [-0.15, -0.1) is 0 Å². The Morgan fingerprint density at radius 1 is 0.679 bits per heavy atom. The van der Waals surface area contributed by atoms with E-state index in [1.165, 1.54) is 109 Å². The number of allylic oxidation sites excluding steroid dienone is 2. The van der Waals surface area contributed by atoms with Gasteiger partial charge in [0.25, 0.3) is 0 Å². The van der Waals surface area contributed by atoms with Crippen LogP contribution < -0.4 is 5.32 Å². The maximum atomic E-state index is 11.2. The number of carbonyl (C=O) groups excluding carboxylic acids is 1. The molecule has 0 amide bonds. The summed E-state index contributed by atoms with van der Waals surface area (Å²) in [4.78, 5) is 11.2. The van der Waals surface area contributed by atoms with Gasteiger partial charge in [0.05, 0.1) is 13.2 Å². The predicted molar refractivity (Wildman–Crippen MR) is 123 cm³/mol. The molecule has 3 heteroatoms. The third-order valence-electron chi connectivity index (χ3n) is 5.24. The normalized spacial score (nSPS) is 11.4. The monoisotopic (exact) mass is 395 g/mol. The average Bonchev–Trinajstić information content (AvgIpc) is 2.69. The Kier molecular flexibility index (Phi) is 23.5. The largest absolute Gasteiger partial charge is 0.465 e. The predicted octanol–water partition coefficient (Wildman–Crippen LogP) is 7.35. The number of hydrogen-bond acceptors (Lipinski definition) is 3. The number of unbranched alkanes of at least 4 members (excludes halogenated alkanes) is 16. The van der Waals surface area contributed by atoms with Crippen LogP contribution in [0.3, 0.4) is 0 Å². The summed E-state index contributed by atoms with van der Waals surface area (Å²) >= 11 is 0. The molecule has 0 radical (unpaired) electrons. The molecule has 28 heavy (non-hydrogen) atoms. The molecule has 0 heterocycles. The molecule has 0 aliphatic heterocycles. The Morgan fingerprint density at radius 2 is 1.11 bits per heavy atom. The average molecular weight is 396 g/mol. The molecule has 0 aromatic heterocycles. The maximum absolute atomic E-state index is 11.2. The van der Waals surface area contributed by atoms with E-state index in [1.54, 1.807) is 7.05 Å². The highest BCUT2D eigenvalue weighted by Gasteiger charge is 1.99. The van der Waals surface area contributed by atoms with Gasteiger partial charge in [0.15, 0.2) is 0 Å². The van der Waals surface area contributed by atoms with Gasteiger partial charge in [0, 0.05) is 0 Å². The lowest BCUT2D eigenvalue weighted by Crippen LogP contribution is -2.21. The van der Waals surface area contributed by atoms with Crippen LogP contribution in [-0.4, -0.2) is 26.2 Å². The molecular formula is C25H49NO2. The number of rotatable bonds is 22. The molecule has 166 valence electrons. The number of ether oxygens (including phenoxy) is 1. The van der Waals surface area contributed by atoms with Crippen LogP contribution in [0, 0.1) is 0 Å². The van der Waals surface area contributed by atoms with Crippen LogP contribution in [0.2, 0.25) is 0 Å². The van der Waals surface area contributed by atoms with E-state index in [1.807, 2.05) is 0 Å². The second kappa shape index (κ2) is 24.2. The van der Waals surface area contributed by atoms with E-state index in [0.29, 0.717) is 13.2 Å². The van der Waals surface area contributed by atoms with Crippen molar-refractivity contribution in [3.8, 4) is 0 Å². The summed E-state index contributed by atoms with van der Waals surface area (Å²) in [7, 11) is 1.76. The fourth-order valence-corrected chi connectivity index (χ4v) is 3.44. The molecule has 0 saturated carbocycles. The van der Waals surface area contributed by atoms with Crippen molar-refractivity contribution < 1.29 is 9.53 Å². The lowest BCUT2D eigenvalue weighted by molar-refractivity contribution is -0.142. The molecule has 0 unspecified atom stereocenters. The quantitative estimate of drug-likeness (QED) is 0.118. The number of carbonyl (C=O) groups is 1. The van der Waals surface area contributed by atoms with Crippen molar-refractivity contribution in [2.75, 3.05) is 20.2 Å². The molecule has 0 bridgehead atoms. The van der Waals surface area contributed by atoms with Crippen molar-refractivity contribution in [3.63, 3.8) is 0 Å². The van der Waals surface area contributed by atoms with Crippen LogP contribution in [-0.2, 0) is 9.53 Å². The van der Waals surface area contributed by atoms with Gasteiger partial charge in [-0.05, 0) is 39.2 Å². The molecule has 0 atom stereocenters. The van der Waals surface area contributed by atoms with Crippen LogP contribution in [0.5, 0.6) is 0 Å². The summed E-state index contributed by atoms with van der Waals surface area (Å²) in [5.41, 5.74) is 0. The van der Waals surface area contributed by atoms with E-state index < -0.39 is 0 Å². The number of nitrogens with one attached hydrogen (secondary N) is 1. The Morgan fingerprint density at radius 3 is 1.57 bits per heavy atom. The minimum atomic E-state index is -0.143. The van der Waals surface area contributed by atoms with E-state index in [9.17, 15) is 4.79 Å². The summed E-state index contributed by atoms with van der Waals surface area (Å²) < 4.78 is 5.11. The molecule has 0 aliphatic carbocycles. The molecule has 0 aliphatic rings. The van der Waals surface area contributed by atoms with Crippen LogP contribution in [0.15, 0.2) is 12.2 Å². The summed E-state index contributed by atoms with van der Waals surface area (Å²) in [5.74, 6) is -0.143. The maximum Gasteiger partial charge on any atom is 0.319 e. The van der Waals surface area contributed by atoms with Crippen molar-refractivity contribution in [1.29, 1.82) is 0 Å². The first-order valence-corrected chi connectivity index (χ1v) is 12.3. The van der Waals surface area contributed by atoms with Gasteiger partial charge in [-0.2, -0.15) is 0 Å². The highest BCUT2D eigenvalue weighted by atomic mass is 16.5. The number of esters is 1. The molecule has 1 N–H and O–H groups in total. The van der Waals surface area contributed by atoms with Gasteiger partial charge in [-0.3, -0.25) is 4.79 Å². The topological polar surface area (TPSA) is 38.3 Å². The van der Waals surface area contributed by atoms with Gasteiger partial charge in [0.1, 0.15) is 0 Å². The van der Waals surface area contributed by atoms with Crippen LogP contribution >= 0.6 is 0 Å². The number of hydrogen-bond donors (Lipinski definition) is 1. The smallest absolute Gasteiger partial charge is 0.319 e. The Bertz CT molecular complexity index is 341. The van der Waals surface area contributed by atoms with Gasteiger partial charge in [-0.1, -0.05) is 103 Å². The highest BCUT2D eigenvalue weighted by molar-refractivity contribution is 5.71. The Labute approximate surface area is 176 Å². The zero-order valence-corrected chi connectivity index (χ0v) is 19.1. The van der Waals surface area contributed by atoms with Crippen molar-refractivity contribution in [2.45, 2.75) is 122 Å². The third kappa shape index (κ3) is 23.2. The Hall–Kier alpha value is -0.830. The molecule has 0 aromatic carbocycles. The lowest BCUT2D eigenvalue weighted by atomic mass is 10.1. The van der Waals surface area contributed by atoms with Crippen molar-refractivity contribution in [2.24, 2.45) is 0 Å². The second-order valence-electron chi connectivity index (χ2n) is 8.10. The first kappa shape index (κ1) is 27.2. The first-order valence-electron chi connectivity index (χ1n) is 12.3. The zero-order chi connectivity index (χ0) is 20.5. The molecule has 0 saturated heterocycles. The fraction of sp³-hybridized carbons (Fsp3) is 0.880. The molecular weight excluding hydrogens is 346 g/mol. The van der Waals surface area contributed by atoms with E-state index in [4.69, 9.17) is 4.74 Å². The van der Waals surface area contributed by atoms with Gasteiger partial charge >= 0.3 is 5.97 Å². The molecule has 0 fully saturated rings. The van der Waals surface area contributed by atoms with Crippen molar-refractivity contribution in [3.05, 3.63) is 12.2 Å². The summed E-state index contributed by atoms with van der Waals surface area (Å²) in [6.07, 6.45) is 28.8. The first-order chi connectivity index (χ1) is 13.8. The standard InChI is InChI=1S/C25H49NO2/c1-3-4-5-6-7-8-9-10-11-12-13-14-15-16-17-18-19-20-21-22-23-28-25(27)24-26-2/h10-11,26H,3-9,12-24H2,1-2H3/b11-10-. The minimum Gasteiger partial charge on any atom is -0.465 e. The molecule has 0 spiro atoms. The van der Waals surface area contributed by atoms with Crippen LogP contribution in [0.4, 0.5) is 0 Å². The molecule has 0 rings (SSSR count). The second-order valence-corrected chi connectivity index (χ2v) is 8.10. The van der Waals surface area contributed by atoms with Crippen molar-refractivity contribution >= 4 is 5.97 Å². The SMILES string of the molecule is CCCCCCCC/C=C\CCCCCCCCCCCCOC(=O)CNC. The third-order valence-corrected chi connectivity index (χ3v) is 5.24. The van der Waals surface area contributed by atoms with Crippen LogP contribution in [0.25, 0.3) is 0 Å². The summed E-state index contributed by atoms with van der Waals surface area (Å²) in [6.45, 7) is 3.17. The van der Waals surface area contributed by atoms with Crippen molar-refractivity contribution in [1.82, 2.24) is 5.32 Å². The molecule has 0 aromatic rings. The van der Waals surface area contributed by atoms with E-state index in [0.717, 1.165) is 6.42 Å². The lowest BCUT2D eigenvalue weighted by Gasteiger charge is -2.04. The van der Waals surface area contributed by atoms with E-state index in [2.05, 4.69) is 24.4 Å². The summed E-state index contributed by atoms with van der Waals surface area (Å²) in [5, 5.41) is 2.80. The van der Waals surface area contributed by atoms with E-state index in [-0.39, 0.29) is 5.97 Å².